The Balaban J connectivity index is 1.76. The van der Waals surface area contributed by atoms with Gasteiger partial charge >= 0.3 is 14.2 Å². The normalized spacial score (nSPS) is 21.8. The van der Waals surface area contributed by atoms with E-state index in [-0.39, 0.29) is 36.6 Å². The summed E-state index contributed by atoms with van der Waals surface area (Å²) in [6.07, 6.45) is 0. The average molecular weight is 550 g/mol. The van der Waals surface area contributed by atoms with Crippen molar-refractivity contribution in [1.29, 1.82) is 0 Å². The van der Waals surface area contributed by atoms with Crippen molar-refractivity contribution < 1.29 is 27.6 Å². The van der Waals surface area contributed by atoms with Gasteiger partial charge in [-0.25, -0.2) is 0 Å². The largest absolute Gasteiger partial charge is 0.495 e. The smallest absolute Gasteiger partial charge is 0.399 e. The molecule has 2 aliphatic heterocycles. The molecule has 0 aromatic heterocycles. The zero-order valence-corrected chi connectivity index (χ0v) is 27.6. The second kappa shape index (κ2) is 9.96. The topological polar surface area (TPSA) is 36.9 Å². The Kier molecular flexibility index (Phi) is 7.79. The predicted molar refractivity (Wildman–Crippen MR) is 167 cm³/mol. The molecule has 2 fully saturated rings. The second-order valence-electron chi connectivity index (χ2n) is 15.9. The standard InChI is InChI=1S/C32H52B2N2O4/c1-29(2)30(3,4)38-33(37-29)27-17-15-23(19-25(27)21-35(9,10)11)24-16-18-28(26(20-24)22-36(12,13)14)34-39-31(5,6)32(7,8)40-34/h15-20H,21-22H2,1-14H3/q+2. The molecule has 0 atom stereocenters. The molecular weight excluding hydrogens is 498 g/mol. The maximum atomic E-state index is 6.47. The minimum Gasteiger partial charge on any atom is -0.399 e. The average Bonchev–Trinajstić information content (AvgIpc) is 3.10. The van der Waals surface area contributed by atoms with Gasteiger partial charge in [-0.2, -0.15) is 0 Å². The molecule has 2 heterocycles. The Bertz CT molecular complexity index is 1130. The lowest BCUT2D eigenvalue weighted by Crippen LogP contribution is -2.41. The van der Waals surface area contributed by atoms with Crippen molar-refractivity contribution in [2.45, 2.75) is 90.9 Å². The van der Waals surface area contributed by atoms with Crippen LogP contribution in [0.2, 0.25) is 0 Å². The van der Waals surface area contributed by atoms with E-state index in [0.717, 1.165) is 33.0 Å². The molecule has 8 heteroatoms. The number of nitrogens with zero attached hydrogens (tertiary/aromatic N) is 2. The SMILES string of the molecule is CC1(C)OB(c2ccc(-c3ccc(B4OC(C)(C)C(C)(C)O4)c(C[N+](C)(C)C)c3)cc2C[N+](C)(C)C)OC1(C)C. The minimum absolute atomic E-state index is 0.381. The van der Waals surface area contributed by atoms with Gasteiger partial charge in [-0.15, -0.1) is 0 Å². The molecule has 0 radical (unpaired) electrons. The van der Waals surface area contributed by atoms with E-state index in [4.69, 9.17) is 18.6 Å². The molecular formula is C32H52B2N2O4+2. The molecule has 0 saturated carbocycles. The maximum absolute atomic E-state index is 6.47. The molecule has 0 bridgehead atoms. The second-order valence-corrected chi connectivity index (χ2v) is 15.9. The van der Waals surface area contributed by atoms with Gasteiger partial charge in [-0.1, -0.05) is 24.3 Å². The summed E-state index contributed by atoms with van der Waals surface area (Å²) >= 11 is 0. The molecule has 6 nitrogen and oxygen atoms in total. The van der Waals surface area contributed by atoms with E-state index in [0.29, 0.717) is 0 Å². The monoisotopic (exact) mass is 550 g/mol. The van der Waals surface area contributed by atoms with Crippen molar-refractivity contribution in [3.05, 3.63) is 47.5 Å². The summed E-state index contributed by atoms with van der Waals surface area (Å²) in [6, 6.07) is 13.5. The quantitative estimate of drug-likeness (QED) is 0.380. The van der Waals surface area contributed by atoms with Gasteiger partial charge in [0, 0.05) is 11.1 Å². The van der Waals surface area contributed by atoms with Crippen molar-refractivity contribution in [3.8, 4) is 11.1 Å². The molecule has 4 rings (SSSR count). The Morgan fingerprint density at radius 2 is 0.775 bits per heavy atom. The highest BCUT2D eigenvalue weighted by molar-refractivity contribution is 6.63. The number of benzene rings is 2. The first-order valence-electron chi connectivity index (χ1n) is 14.6. The molecule has 0 unspecified atom stereocenters. The summed E-state index contributed by atoms with van der Waals surface area (Å²) in [5.41, 5.74) is 5.55. The highest BCUT2D eigenvalue weighted by Gasteiger charge is 2.53. The molecule has 40 heavy (non-hydrogen) atoms. The van der Waals surface area contributed by atoms with Crippen LogP contribution in [0.15, 0.2) is 36.4 Å². The Morgan fingerprint density at radius 1 is 0.500 bits per heavy atom. The molecule has 2 aromatic carbocycles. The van der Waals surface area contributed by atoms with Crippen LogP contribution < -0.4 is 10.9 Å². The van der Waals surface area contributed by atoms with Crippen LogP contribution in [0, 0.1) is 0 Å². The first kappa shape index (κ1) is 31.3. The van der Waals surface area contributed by atoms with Gasteiger partial charge < -0.3 is 27.6 Å². The summed E-state index contributed by atoms with van der Waals surface area (Å²) < 4.78 is 27.5. The first-order valence-corrected chi connectivity index (χ1v) is 14.6. The Morgan fingerprint density at radius 3 is 1.02 bits per heavy atom. The van der Waals surface area contributed by atoms with Crippen LogP contribution in [-0.4, -0.2) is 87.9 Å². The number of hydrogen-bond donors (Lipinski definition) is 0. The lowest BCUT2D eigenvalue weighted by atomic mass is 9.73. The molecule has 0 spiro atoms. The van der Waals surface area contributed by atoms with Crippen LogP contribution in [0.1, 0.15) is 66.5 Å². The van der Waals surface area contributed by atoms with Gasteiger partial charge in [-0.3, -0.25) is 0 Å². The fourth-order valence-electron chi connectivity index (χ4n) is 5.27. The van der Waals surface area contributed by atoms with Crippen LogP contribution in [0.25, 0.3) is 11.1 Å². The molecule has 2 aromatic rings. The van der Waals surface area contributed by atoms with Crippen molar-refractivity contribution in [2.24, 2.45) is 0 Å². The van der Waals surface area contributed by atoms with Crippen molar-refractivity contribution in [2.75, 3.05) is 42.3 Å². The third kappa shape index (κ3) is 6.38. The summed E-state index contributed by atoms with van der Waals surface area (Å²) in [7, 11) is 12.6. The van der Waals surface area contributed by atoms with Crippen LogP contribution in [-0.2, 0) is 31.7 Å². The maximum Gasteiger partial charge on any atom is 0.495 e. The van der Waals surface area contributed by atoms with E-state index in [2.05, 4.69) is 134 Å². The van der Waals surface area contributed by atoms with Crippen LogP contribution in [0.5, 0.6) is 0 Å². The van der Waals surface area contributed by atoms with Gasteiger partial charge in [0.2, 0.25) is 0 Å². The lowest BCUT2D eigenvalue weighted by molar-refractivity contribution is -0.883. The fourth-order valence-corrected chi connectivity index (χ4v) is 5.27. The van der Waals surface area contributed by atoms with Crippen LogP contribution >= 0.6 is 0 Å². The number of quaternary nitrogens is 2. The summed E-state index contributed by atoms with van der Waals surface area (Å²) in [6.45, 7) is 18.6. The fraction of sp³-hybridized carbons (Fsp3) is 0.625. The van der Waals surface area contributed by atoms with Gasteiger partial charge in [0.05, 0.1) is 64.7 Å². The van der Waals surface area contributed by atoms with Gasteiger partial charge in [0.25, 0.3) is 0 Å². The number of hydrogen-bond acceptors (Lipinski definition) is 4. The first-order chi connectivity index (χ1) is 18.0. The summed E-state index contributed by atoms with van der Waals surface area (Å²) in [5, 5.41) is 0. The van der Waals surface area contributed by atoms with E-state index in [9.17, 15) is 0 Å². The number of rotatable bonds is 7. The van der Waals surface area contributed by atoms with E-state index in [1.54, 1.807) is 0 Å². The van der Waals surface area contributed by atoms with Crippen molar-refractivity contribution in [1.82, 2.24) is 0 Å². The Hall–Kier alpha value is -1.67. The third-order valence-electron chi connectivity index (χ3n) is 8.92. The Labute approximate surface area is 244 Å². The van der Waals surface area contributed by atoms with E-state index >= 15 is 0 Å². The van der Waals surface area contributed by atoms with Gasteiger partial charge in [-0.05, 0) is 89.6 Å². The summed E-state index contributed by atoms with van der Waals surface area (Å²) in [5.74, 6) is 0. The molecule has 0 aliphatic carbocycles. The molecule has 2 saturated heterocycles. The lowest BCUT2D eigenvalue weighted by Gasteiger charge is -2.32. The highest BCUT2D eigenvalue weighted by Crippen LogP contribution is 2.38. The zero-order valence-electron chi connectivity index (χ0n) is 27.6. The molecule has 0 N–H and O–H groups in total. The van der Waals surface area contributed by atoms with E-state index in [1.165, 1.54) is 22.3 Å². The minimum atomic E-state index is -0.389. The van der Waals surface area contributed by atoms with Gasteiger partial charge in [0.15, 0.2) is 0 Å². The third-order valence-corrected chi connectivity index (χ3v) is 8.92. The van der Waals surface area contributed by atoms with Crippen molar-refractivity contribution >= 4 is 25.2 Å². The predicted octanol–water partition coefficient (Wildman–Crippen LogP) is 4.36. The van der Waals surface area contributed by atoms with Crippen LogP contribution in [0.4, 0.5) is 0 Å². The summed E-state index contributed by atoms with van der Waals surface area (Å²) in [4.78, 5) is 0. The zero-order chi connectivity index (χ0) is 30.1. The van der Waals surface area contributed by atoms with E-state index < -0.39 is 0 Å². The molecule has 2 aliphatic rings. The van der Waals surface area contributed by atoms with E-state index in [1.807, 2.05) is 0 Å². The van der Waals surface area contributed by atoms with Crippen LogP contribution in [0.3, 0.4) is 0 Å². The van der Waals surface area contributed by atoms with Gasteiger partial charge in [0.1, 0.15) is 13.1 Å². The highest BCUT2D eigenvalue weighted by atomic mass is 16.7. The molecule has 0 amide bonds. The van der Waals surface area contributed by atoms with Crippen molar-refractivity contribution in [3.63, 3.8) is 0 Å². The molecule has 218 valence electrons.